The van der Waals surface area contributed by atoms with Gasteiger partial charge < -0.3 is 0 Å². The molecule has 0 aliphatic carbocycles. The van der Waals surface area contributed by atoms with E-state index in [-0.39, 0.29) is 5.43 Å². The van der Waals surface area contributed by atoms with Gasteiger partial charge in [0.15, 0.2) is 5.43 Å². The van der Waals surface area contributed by atoms with Gasteiger partial charge in [0.2, 0.25) is 0 Å². The molecule has 0 aromatic heterocycles. The van der Waals surface area contributed by atoms with Crippen molar-refractivity contribution in [1.29, 1.82) is 0 Å². The van der Waals surface area contributed by atoms with E-state index in [0.717, 1.165) is 24.0 Å². The molecule has 0 unspecified atom stereocenters. The van der Waals surface area contributed by atoms with Crippen LogP contribution in [0.5, 0.6) is 0 Å². The van der Waals surface area contributed by atoms with Gasteiger partial charge in [-0.15, -0.1) is 0 Å². The van der Waals surface area contributed by atoms with Gasteiger partial charge in [-0.25, -0.2) is 0 Å². The van der Waals surface area contributed by atoms with Crippen molar-refractivity contribution < 1.29 is 0 Å². The van der Waals surface area contributed by atoms with E-state index in [0.29, 0.717) is 0 Å². The van der Waals surface area contributed by atoms with E-state index in [2.05, 4.69) is 65.8 Å². The fraction of sp³-hybridized carbons (Fsp3) is 0.348. The first-order valence-corrected chi connectivity index (χ1v) is 8.68. The predicted molar refractivity (Wildman–Crippen MR) is 102 cm³/mol. The van der Waals surface area contributed by atoms with E-state index < -0.39 is 0 Å². The minimum atomic E-state index is 0.286. The predicted octanol–water partition coefficient (Wildman–Crippen LogP) is 4.95. The molecule has 0 fully saturated rings. The highest BCUT2D eigenvalue weighted by atomic mass is 16.1. The highest BCUT2D eigenvalue weighted by molar-refractivity contribution is 5.51. The zero-order chi connectivity index (χ0) is 17.6. The molecular weight excluding hydrogens is 292 g/mol. The fourth-order valence-corrected chi connectivity index (χ4v) is 3.95. The third kappa shape index (κ3) is 3.08. The summed E-state index contributed by atoms with van der Waals surface area (Å²) in [4.78, 5) is 12.3. The lowest BCUT2D eigenvalue weighted by Crippen LogP contribution is -1.96. The first-order chi connectivity index (χ1) is 11.3. The van der Waals surface area contributed by atoms with Gasteiger partial charge in [-0.05, 0) is 74.9 Å². The summed E-state index contributed by atoms with van der Waals surface area (Å²) in [5, 5.41) is 0. The Morgan fingerprint density at radius 1 is 0.542 bits per heavy atom. The topological polar surface area (TPSA) is 17.1 Å². The Labute approximate surface area is 145 Å². The molecule has 0 saturated heterocycles. The van der Waals surface area contributed by atoms with Crippen molar-refractivity contribution in [2.24, 2.45) is 0 Å². The molecule has 0 spiro atoms. The van der Waals surface area contributed by atoms with Crippen molar-refractivity contribution in [3.63, 3.8) is 0 Å². The van der Waals surface area contributed by atoms with E-state index in [4.69, 9.17) is 0 Å². The van der Waals surface area contributed by atoms with Crippen LogP contribution in [-0.4, -0.2) is 0 Å². The fourth-order valence-electron chi connectivity index (χ4n) is 3.95. The van der Waals surface area contributed by atoms with E-state index >= 15 is 0 Å². The average molecular weight is 318 g/mol. The molecule has 0 radical (unpaired) electrons. The molecule has 124 valence electrons. The standard InChI is InChI=1S/C23H26O/c1-13-7-15(3)19(16(4)8-13)11-21-22(23(21)24)12-20-17(5)9-14(2)10-18(20)6/h7-10H,11-12H2,1-6H3. The molecule has 0 N–H and O–H groups in total. The molecule has 0 atom stereocenters. The quantitative estimate of drug-likeness (QED) is 0.665. The highest BCUT2D eigenvalue weighted by Crippen LogP contribution is 2.26. The molecule has 3 aromatic rings. The van der Waals surface area contributed by atoms with Crippen molar-refractivity contribution in [3.8, 4) is 0 Å². The second kappa shape index (κ2) is 6.05. The molecule has 24 heavy (non-hydrogen) atoms. The van der Waals surface area contributed by atoms with Crippen LogP contribution in [0.25, 0.3) is 0 Å². The Bertz CT molecular complexity index is 812. The lowest BCUT2D eigenvalue weighted by atomic mass is 9.94. The van der Waals surface area contributed by atoms with Gasteiger partial charge >= 0.3 is 0 Å². The summed E-state index contributed by atoms with van der Waals surface area (Å²) in [7, 11) is 0. The van der Waals surface area contributed by atoms with Crippen molar-refractivity contribution in [2.75, 3.05) is 0 Å². The first kappa shape index (κ1) is 16.7. The van der Waals surface area contributed by atoms with Gasteiger partial charge in [0.1, 0.15) is 0 Å². The van der Waals surface area contributed by atoms with Crippen LogP contribution in [0.2, 0.25) is 0 Å². The third-order valence-electron chi connectivity index (χ3n) is 5.24. The van der Waals surface area contributed by atoms with Gasteiger partial charge in [-0.2, -0.15) is 0 Å². The monoisotopic (exact) mass is 318 g/mol. The largest absolute Gasteiger partial charge is 0.289 e. The molecule has 0 heterocycles. The number of aryl methyl sites for hydroxylation is 6. The minimum absolute atomic E-state index is 0.286. The molecule has 3 rings (SSSR count). The summed E-state index contributed by atoms with van der Waals surface area (Å²) in [6, 6.07) is 8.85. The SMILES string of the molecule is Cc1cc(C)c(Cc2c(Cc3c(C)cc(C)cc3C)c2=O)c(C)c1. The lowest BCUT2D eigenvalue weighted by Gasteiger charge is -2.10. The van der Waals surface area contributed by atoms with Gasteiger partial charge in [-0.3, -0.25) is 4.79 Å². The van der Waals surface area contributed by atoms with Crippen LogP contribution in [0.15, 0.2) is 29.1 Å². The summed E-state index contributed by atoms with van der Waals surface area (Å²) in [5.41, 5.74) is 12.7. The summed E-state index contributed by atoms with van der Waals surface area (Å²) < 4.78 is 0. The Balaban J connectivity index is 1.86. The average Bonchev–Trinajstić information content (AvgIpc) is 3.06. The molecule has 1 nitrogen and oxygen atoms in total. The Morgan fingerprint density at radius 3 is 1.12 bits per heavy atom. The van der Waals surface area contributed by atoms with Crippen LogP contribution < -0.4 is 5.43 Å². The first-order valence-electron chi connectivity index (χ1n) is 8.68. The molecule has 3 aromatic carbocycles. The molecule has 0 aliphatic rings. The van der Waals surface area contributed by atoms with Crippen LogP contribution in [0.1, 0.15) is 55.6 Å². The van der Waals surface area contributed by atoms with Crippen LogP contribution in [0, 0.1) is 41.5 Å². The van der Waals surface area contributed by atoms with Crippen molar-refractivity contribution in [3.05, 3.63) is 90.1 Å². The lowest BCUT2D eigenvalue weighted by molar-refractivity contribution is 1.10. The maximum atomic E-state index is 12.3. The second-order valence-corrected chi connectivity index (χ2v) is 7.39. The molecule has 0 bridgehead atoms. The van der Waals surface area contributed by atoms with E-state index in [9.17, 15) is 4.79 Å². The normalized spacial score (nSPS) is 11.4. The number of benzene rings is 2. The van der Waals surface area contributed by atoms with E-state index in [1.54, 1.807) is 0 Å². The Kier molecular flexibility index (Phi) is 4.21. The zero-order valence-corrected chi connectivity index (χ0v) is 15.6. The van der Waals surface area contributed by atoms with E-state index in [1.165, 1.54) is 44.5 Å². The van der Waals surface area contributed by atoms with Crippen LogP contribution >= 0.6 is 0 Å². The smallest absolute Gasteiger partial charge is 0.186 e. The second-order valence-electron chi connectivity index (χ2n) is 7.39. The highest BCUT2D eigenvalue weighted by Gasteiger charge is 2.24. The van der Waals surface area contributed by atoms with Gasteiger partial charge in [-0.1, -0.05) is 35.4 Å². The van der Waals surface area contributed by atoms with Gasteiger partial charge in [0, 0.05) is 24.0 Å². The minimum Gasteiger partial charge on any atom is -0.289 e. The van der Waals surface area contributed by atoms with Crippen molar-refractivity contribution in [2.45, 2.75) is 54.4 Å². The number of rotatable bonds is 4. The van der Waals surface area contributed by atoms with Gasteiger partial charge in [0.05, 0.1) is 0 Å². The summed E-state index contributed by atoms with van der Waals surface area (Å²) >= 11 is 0. The van der Waals surface area contributed by atoms with Crippen LogP contribution in [0.4, 0.5) is 0 Å². The third-order valence-corrected chi connectivity index (χ3v) is 5.24. The summed E-state index contributed by atoms with van der Waals surface area (Å²) in [5.74, 6) is 0. The molecule has 1 heteroatoms. The van der Waals surface area contributed by atoms with Crippen molar-refractivity contribution >= 4 is 0 Å². The Morgan fingerprint density at radius 2 is 0.833 bits per heavy atom. The van der Waals surface area contributed by atoms with E-state index in [1.807, 2.05) is 0 Å². The number of hydrogen-bond donors (Lipinski definition) is 0. The van der Waals surface area contributed by atoms with Crippen LogP contribution in [-0.2, 0) is 12.8 Å². The summed E-state index contributed by atoms with van der Waals surface area (Å²) in [6.45, 7) is 12.8. The summed E-state index contributed by atoms with van der Waals surface area (Å²) in [6.07, 6.45) is 1.58. The number of hydrogen-bond acceptors (Lipinski definition) is 1. The molecule has 0 amide bonds. The van der Waals surface area contributed by atoms with Crippen LogP contribution in [0.3, 0.4) is 0 Å². The van der Waals surface area contributed by atoms with Gasteiger partial charge in [0.25, 0.3) is 0 Å². The molecule has 0 saturated carbocycles. The maximum Gasteiger partial charge on any atom is 0.186 e. The molecule has 0 aliphatic heterocycles. The Hall–Kier alpha value is -2.15. The van der Waals surface area contributed by atoms with Crippen molar-refractivity contribution in [1.82, 2.24) is 0 Å². The molecular formula is C23H26O. The zero-order valence-electron chi connectivity index (χ0n) is 15.6. The maximum absolute atomic E-state index is 12.3.